The van der Waals surface area contributed by atoms with Gasteiger partial charge in [0.15, 0.2) is 0 Å². The zero-order chi connectivity index (χ0) is 20.8. The summed E-state index contributed by atoms with van der Waals surface area (Å²) >= 11 is 0. The first-order valence-corrected chi connectivity index (χ1v) is 10.2. The van der Waals surface area contributed by atoms with Crippen LogP contribution in [0.2, 0.25) is 0 Å². The van der Waals surface area contributed by atoms with Crippen LogP contribution in [0, 0.1) is 0 Å². The van der Waals surface area contributed by atoms with Crippen LogP contribution in [0.15, 0.2) is 54.6 Å². The standard InChI is InChI=1S/C19H25N3O5S/c1-22(2,3)14-16(13-19(23)24)21-28(25,26)20-15-8-7-11-18(12-15)27-17-9-5-4-6-10-17/h4-12,16,20-21H,13-14H2,1-3H3/p+1/t16-/m1/s1. The molecule has 0 saturated carbocycles. The summed E-state index contributed by atoms with van der Waals surface area (Å²) in [7, 11) is 1.62. The number of hydrogen-bond donors (Lipinski definition) is 3. The fourth-order valence-corrected chi connectivity index (χ4v) is 3.76. The second-order valence-corrected chi connectivity index (χ2v) is 8.88. The molecule has 0 aliphatic heterocycles. The molecule has 152 valence electrons. The molecule has 0 bridgehead atoms. The molecule has 0 aliphatic carbocycles. The van der Waals surface area contributed by atoms with Gasteiger partial charge in [-0.25, -0.2) is 0 Å². The van der Waals surface area contributed by atoms with Crippen LogP contribution < -0.4 is 14.2 Å². The monoisotopic (exact) mass is 408 g/mol. The summed E-state index contributed by atoms with van der Waals surface area (Å²) in [5.74, 6) is 0.0318. The van der Waals surface area contributed by atoms with Crippen molar-refractivity contribution in [3.05, 3.63) is 54.6 Å². The molecule has 0 aromatic heterocycles. The quantitative estimate of drug-likeness (QED) is 0.523. The van der Waals surface area contributed by atoms with Crippen molar-refractivity contribution in [2.24, 2.45) is 0 Å². The van der Waals surface area contributed by atoms with Gasteiger partial charge < -0.3 is 14.3 Å². The minimum Gasteiger partial charge on any atom is -0.481 e. The number of likely N-dealkylation sites (N-methyl/N-ethyl adjacent to an activating group) is 1. The van der Waals surface area contributed by atoms with Gasteiger partial charge >= 0.3 is 5.97 Å². The molecule has 0 heterocycles. The van der Waals surface area contributed by atoms with Gasteiger partial charge in [-0.2, -0.15) is 13.1 Å². The molecule has 0 amide bonds. The van der Waals surface area contributed by atoms with Crippen molar-refractivity contribution in [1.82, 2.24) is 4.72 Å². The van der Waals surface area contributed by atoms with Crippen LogP contribution in [0.25, 0.3) is 0 Å². The Bertz CT molecular complexity index is 895. The Morgan fingerprint density at radius 3 is 2.32 bits per heavy atom. The van der Waals surface area contributed by atoms with E-state index in [0.717, 1.165) is 0 Å². The Morgan fingerprint density at radius 1 is 1.07 bits per heavy atom. The maximum Gasteiger partial charge on any atom is 0.305 e. The molecule has 9 heteroatoms. The highest BCUT2D eigenvalue weighted by Crippen LogP contribution is 2.24. The number of anilines is 1. The smallest absolute Gasteiger partial charge is 0.305 e. The Kier molecular flexibility index (Phi) is 7.00. The highest BCUT2D eigenvalue weighted by atomic mass is 32.2. The van der Waals surface area contributed by atoms with E-state index in [9.17, 15) is 13.2 Å². The van der Waals surface area contributed by atoms with E-state index in [0.29, 0.717) is 28.2 Å². The van der Waals surface area contributed by atoms with Crippen LogP contribution in [-0.2, 0) is 15.0 Å². The van der Waals surface area contributed by atoms with Gasteiger partial charge in [0.2, 0.25) is 0 Å². The van der Waals surface area contributed by atoms with Crippen LogP contribution in [0.1, 0.15) is 6.42 Å². The highest BCUT2D eigenvalue weighted by Gasteiger charge is 2.26. The van der Waals surface area contributed by atoms with Crippen molar-refractivity contribution in [3.63, 3.8) is 0 Å². The number of rotatable bonds is 10. The Hall–Kier alpha value is -2.62. The zero-order valence-electron chi connectivity index (χ0n) is 16.1. The number of hydrogen-bond acceptors (Lipinski definition) is 4. The Balaban J connectivity index is 2.09. The number of nitrogens with one attached hydrogen (secondary N) is 2. The molecule has 0 fully saturated rings. The van der Waals surface area contributed by atoms with Gasteiger partial charge in [-0.1, -0.05) is 24.3 Å². The van der Waals surface area contributed by atoms with Crippen molar-refractivity contribution in [2.75, 3.05) is 32.4 Å². The van der Waals surface area contributed by atoms with E-state index in [1.807, 2.05) is 39.3 Å². The first-order valence-electron chi connectivity index (χ1n) is 8.68. The number of quaternary nitrogens is 1. The van der Waals surface area contributed by atoms with Gasteiger partial charge in [-0.05, 0) is 24.3 Å². The summed E-state index contributed by atoms with van der Waals surface area (Å²) in [6, 6.07) is 14.9. The first kappa shape index (κ1) is 21.7. The number of benzene rings is 2. The highest BCUT2D eigenvalue weighted by molar-refractivity contribution is 7.90. The molecule has 0 spiro atoms. The summed E-state index contributed by atoms with van der Waals surface area (Å²) < 4.78 is 35.9. The lowest BCUT2D eigenvalue weighted by Crippen LogP contribution is -2.50. The fourth-order valence-electron chi connectivity index (χ4n) is 2.67. The minimum atomic E-state index is -3.97. The predicted molar refractivity (Wildman–Crippen MR) is 108 cm³/mol. The van der Waals surface area contributed by atoms with E-state index in [4.69, 9.17) is 9.84 Å². The largest absolute Gasteiger partial charge is 0.481 e. The molecule has 3 N–H and O–H groups in total. The van der Waals surface area contributed by atoms with Crippen molar-refractivity contribution in [3.8, 4) is 11.5 Å². The van der Waals surface area contributed by atoms with Gasteiger partial charge in [0.1, 0.15) is 11.5 Å². The average Bonchev–Trinajstić information content (AvgIpc) is 2.52. The van der Waals surface area contributed by atoms with E-state index in [1.54, 1.807) is 36.4 Å². The van der Waals surface area contributed by atoms with Crippen LogP contribution in [-0.4, -0.2) is 57.7 Å². The normalized spacial score (nSPS) is 13.0. The number of ether oxygens (including phenoxy) is 1. The van der Waals surface area contributed by atoms with E-state index >= 15 is 0 Å². The van der Waals surface area contributed by atoms with E-state index < -0.39 is 22.2 Å². The number of nitrogens with zero attached hydrogens (tertiary/aromatic N) is 1. The zero-order valence-corrected chi connectivity index (χ0v) is 16.9. The number of aliphatic carboxylic acids is 1. The van der Waals surface area contributed by atoms with Crippen LogP contribution >= 0.6 is 0 Å². The summed E-state index contributed by atoms with van der Waals surface area (Å²) in [6.45, 7) is 0.324. The lowest BCUT2D eigenvalue weighted by Gasteiger charge is -2.29. The SMILES string of the molecule is C[N+](C)(C)C[C@@H](CC(=O)O)NS(=O)(=O)Nc1cccc(Oc2ccccc2)c1. The molecule has 2 aromatic rings. The van der Waals surface area contributed by atoms with Crippen LogP contribution in [0.4, 0.5) is 5.69 Å². The molecule has 0 aliphatic rings. The second-order valence-electron chi connectivity index (χ2n) is 7.43. The van der Waals surface area contributed by atoms with Crippen molar-refractivity contribution in [2.45, 2.75) is 12.5 Å². The molecular formula is C19H26N3O5S+. The third-order valence-electron chi connectivity index (χ3n) is 3.58. The molecule has 28 heavy (non-hydrogen) atoms. The lowest BCUT2D eigenvalue weighted by atomic mass is 10.2. The first-order chi connectivity index (χ1) is 13.0. The maximum atomic E-state index is 12.5. The molecule has 2 aromatic carbocycles. The fraction of sp³-hybridized carbons (Fsp3) is 0.316. The van der Waals surface area contributed by atoms with Gasteiger partial charge in [-0.3, -0.25) is 9.52 Å². The molecule has 1 atom stereocenters. The number of carboxylic acid groups (broad SMARTS) is 1. The van der Waals surface area contributed by atoms with Crippen molar-refractivity contribution < 1.29 is 27.5 Å². The summed E-state index contributed by atoms with van der Waals surface area (Å²) in [4.78, 5) is 11.1. The number of para-hydroxylation sites is 1. The molecular weight excluding hydrogens is 382 g/mol. The van der Waals surface area contributed by atoms with Crippen molar-refractivity contribution >= 4 is 21.9 Å². The molecule has 8 nitrogen and oxygen atoms in total. The minimum absolute atomic E-state index is 0.306. The average molecular weight is 409 g/mol. The summed E-state index contributed by atoms with van der Waals surface area (Å²) in [5.41, 5.74) is 0.306. The van der Waals surface area contributed by atoms with Gasteiger partial charge in [0, 0.05) is 6.07 Å². The molecule has 0 radical (unpaired) electrons. The Labute approximate surface area is 165 Å². The summed E-state index contributed by atoms with van der Waals surface area (Å²) in [5, 5.41) is 9.07. The third-order valence-corrected chi connectivity index (χ3v) is 4.72. The molecule has 0 unspecified atom stereocenters. The van der Waals surface area contributed by atoms with Crippen molar-refractivity contribution in [1.29, 1.82) is 0 Å². The van der Waals surface area contributed by atoms with Gasteiger partial charge in [0.25, 0.3) is 10.2 Å². The summed E-state index contributed by atoms with van der Waals surface area (Å²) in [6.07, 6.45) is -0.312. The molecule has 2 rings (SSSR count). The second kappa shape index (κ2) is 9.05. The third kappa shape index (κ3) is 7.95. The Morgan fingerprint density at radius 2 is 1.71 bits per heavy atom. The van der Waals surface area contributed by atoms with Gasteiger partial charge in [0.05, 0.1) is 45.8 Å². The van der Waals surface area contributed by atoms with Crippen LogP contribution in [0.5, 0.6) is 11.5 Å². The lowest BCUT2D eigenvalue weighted by molar-refractivity contribution is -0.871. The maximum absolute atomic E-state index is 12.5. The number of carboxylic acids is 1. The van der Waals surface area contributed by atoms with E-state index in [1.165, 1.54) is 0 Å². The van der Waals surface area contributed by atoms with Crippen LogP contribution in [0.3, 0.4) is 0 Å². The topological polar surface area (TPSA) is 105 Å². The predicted octanol–water partition coefficient (Wildman–Crippen LogP) is 2.27. The molecule has 0 saturated heterocycles. The van der Waals surface area contributed by atoms with E-state index in [2.05, 4.69) is 9.44 Å². The van der Waals surface area contributed by atoms with E-state index in [-0.39, 0.29) is 6.42 Å². The van der Waals surface area contributed by atoms with Gasteiger partial charge in [-0.15, -0.1) is 0 Å². The number of carbonyl (C=O) groups is 1.